The van der Waals surface area contributed by atoms with Gasteiger partial charge in [-0.1, -0.05) is 402 Å². The van der Waals surface area contributed by atoms with Gasteiger partial charge in [0, 0.05) is 55.2 Å². The van der Waals surface area contributed by atoms with Crippen molar-refractivity contribution in [2.24, 2.45) is 0 Å². The summed E-state index contributed by atoms with van der Waals surface area (Å²) in [6, 6.07) is 119. The van der Waals surface area contributed by atoms with Crippen molar-refractivity contribution in [3.05, 3.63) is 348 Å². The predicted molar refractivity (Wildman–Crippen MR) is 535 cm³/mol. The first-order chi connectivity index (χ1) is 60.8. The van der Waals surface area contributed by atoms with Crippen molar-refractivity contribution in [3.8, 4) is 66.8 Å². The molecule has 2 nitrogen and oxygen atoms in total. The summed E-state index contributed by atoms with van der Waals surface area (Å²) in [6.07, 6.45) is 30.8. The average Bonchev–Trinajstić information content (AvgIpc) is 1.55. The third-order valence-corrected chi connectivity index (χ3v) is 30.2. The molecule has 0 aromatic heterocycles. The molecule has 0 saturated carbocycles. The summed E-state index contributed by atoms with van der Waals surface area (Å²) in [5.41, 5.74) is 34.3. The maximum atomic E-state index is 2.65. The quantitative estimate of drug-likeness (QED) is 0.0306. The summed E-state index contributed by atoms with van der Waals surface area (Å²) < 4.78 is 0. The molecule has 16 aromatic carbocycles. The zero-order valence-electron chi connectivity index (χ0n) is 74.7. The summed E-state index contributed by atoms with van der Waals surface area (Å²) in [4.78, 5) is 5.17. The maximum absolute atomic E-state index is 2.65. The Morgan fingerprint density at radius 3 is 0.823 bits per heavy atom. The first-order valence-corrected chi connectivity index (χ1v) is 47.9. The van der Waals surface area contributed by atoms with Crippen LogP contribution in [0, 0.1) is 0 Å². The van der Waals surface area contributed by atoms with E-state index in [0.29, 0.717) is 0 Å². The Kier molecular flexibility index (Phi) is 22.0. The highest BCUT2D eigenvalue weighted by molar-refractivity contribution is 6.25. The van der Waals surface area contributed by atoms with Gasteiger partial charge in [-0.05, 0) is 265 Å². The van der Waals surface area contributed by atoms with E-state index in [-0.39, 0.29) is 21.7 Å². The molecule has 0 aliphatic heterocycles. The fourth-order valence-electron chi connectivity index (χ4n) is 23.6. The van der Waals surface area contributed by atoms with E-state index in [2.05, 4.69) is 369 Å². The fourth-order valence-corrected chi connectivity index (χ4v) is 23.6. The summed E-state index contributed by atoms with van der Waals surface area (Å²) in [5, 5.41) is 12.1. The fraction of sp³-hybridized carbons (Fsp3) is 0.295. The van der Waals surface area contributed by atoms with Crippen molar-refractivity contribution in [2.75, 3.05) is 9.80 Å². The second-order valence-corrected chi connectivity index (χ2v) is 38.4. The van der Waals surface area contributed by atoms with Gasteiger partial charge in [-0.2, -0.15) is 0 Å². The Balaban J connectivity index is 0.681. The summed E-state index contributed by atoms with van der Waals surface area (Å²) in [5.74, 6) is 0. The lowest BCUT2D eigenvalue weighted by Crippen LogP contribution is -2.25. The van der Waals surface area contributed by atoms with E-state index in [1.165, 1.54) is 297 Å². The zero-order chi connectivity index (χ0) is 84.3. The Bertz CT molecular complexity index is 6300. The number of fused-ring (bicyclic) bond motifs is 19. The van der Waals surface area contributed by atoms with Crippen LogP contribution in [0.2, 0.25) is 0 Å². The third-order valence-electron chi connectivity index (χ3n) is 30.2. The first-order valence-electron chi connectivity index (χ1n) is 47.9. The Hall–Kier alpha value is -11.6. The highest BCUT2D eigenvalue weighted by atomic mass is 15.2. The topological polar surface area (TPSA) is 6.48 Å². The molecule has 0 heterocycles. The van der Waals surface area contributed by atoms with Crippen LogP contribution in [-0.4, -0.2) is 0 Å². The predicted octanol–water partition coefficient (Wildman–Crippen LogP) is 36.3. The minimum absolute atomic E-state index is 0.0173. The van der Waals surface area contributed by atoms with Gasteiger partial charge >= 0.3 is 0 Å². The molecule has 0 unspecified atom stereocenters. The molecule has 0 spiro atoms. The van der Waals surface area contributed by atoms with Crippen LogP contribution >= 0.6 is 0 Å². The molecule has 16 aromatic rings. The van der Waals surface area contributed by atoms with Crippen LogP contribution in [0.25, 0.3) is 121 Å². The second-order valence-electron chi connectivity index (χ2n) is 38.4. The number of hydrogen-bond donors (Lipinski definition) is 0. The van der Waals surface area contributed by atoms with E-state index in [1.807, 2.05) is 0 Å². The zero-order valence-corrected chi connectivity index (χ0v) is 74.7. The molecule has 0 bridgehead atoms. The van der Waals surface area contributed by atoms with Crippen molar-refractivity contribution >= 4 is 88.0 Å². The van der Waals surface area contributed by atoms with E-state index in [1.54, 1.807) is 22.3 Å². The lowest BCUT2D eigenvalue weighted by molar-refractivity contribution is 0.399. The summed E-state index contributed by atoms with van der Waals surface area (Å²) in [6.45, 7) is 19.3. The number of benzene rings is 16. The van der Waals surface area contributed by atoms with Crippen molar-refractivity contribution in [2.45, 2.75) is 231 Å². The third kappa shape index (κ3) is 14.1. The van der Waals surface area contributed by atoms with Gasteiger partial charge in [0.05, 0.1) is 11.4 Å². The normalized spacial score (nSPS) is 14.4. The smallest absolute Gasteiger partial charge is 0.0546 e. The van der Waals surface area contributed by atoms with Crippen LogP contribution < -0.4 is 9.80 Å². The van der Waals surface area contributed by atoms with Gasteiger partial charge in [0.15, 0.2) is 0 Å². The van der Waals surface area contributed by atoms with E-state index in [0.717, 1.165) is 34.1 Å². The van der Waals surface area contributed by atoms with Crippen LogP contribution in [0.5, 0.6) is 0 Å². The molecule has 4 aliphatic rings. The SMILES string of the molecule is CCCCCCCC1(CCCCCCC)c2ccccc2-c2ccc(-c3ccc4c(c3)C(C)(C)c3cc(N(c5ccc6ccccc6c5)c5cc6c7ccccc7c(N(c7ccc8c(c7)C(C)(C)c7cc(-c9ccc%10c(c9)C(CCCCCCC)(CCCCCCC)c9ccccc9-%10)ccc7-8)c7ccc8ccccc8c7)cc6c6ccccc56)ccc3-4)cc21. The Morgan fingerprint density at radius 1 is 0.194 bits per heavy atom. The number of unbranched alkanes of at least 4 members (excludes halogenated alkanes) is 16. The van der Waals surface area contributed by atoms with E-state index in [9.17, 15) is 0 Å². The van der Waals surface area contributed by atoms with Gasteiger partial charge in [0.1, 0.15) is 0 Å². The number of anilines is 6. The molecule has 0 N–H and O–H groups in total. The van der Waals surface area contributed by atoms with E-state index >= 15 is 0 Å². The van der Waals surface area contributed by atoms with Gasteiger partial charge < -0.3 is 9.80 Å². The monoisotopic (exact) mass is 1610 g/mol. The van der Waals surface area contributed by atoms with Gasteiger partial charge in [-0.15, -0.1) is 0 Å². The largest absolute Gasteiger partial charge is 0.310 e. The van der Waals surface area contributed by atoms with Crippen molar-refractivity contribution < 1.29 is 0 Å². The highest BCUT2D eigenvalue weighted by Crippen LogP contribution is 2.61. The van der Waals surface area contributed by atoms with Crippen LogP contribution in [0.3, 0.4) is 0 Å². The van der Waals surface area contributed by atoms with Crippen LogP contribution in [-0.2, 0) is 21.7 Å². The van der Waals surface area contributed by atoms with Crippen molar-refractivity contribution in [1.29, 1.82) is 0 Å². The summed E-state index contributed by atoms with van der Waals surface area (Å²) >= 11 is 0. The average molecular weight is 1620 g/mol. The van der Waals surface area contributed by atoms with Crippen LogP contribution in [0.1, 0.15) is 254 Å². The molecular formula is C122H122N2. The first kappa shape index (κ1) is 80.8. The summed E-state index contributed by atoms with van der Waals surface area (Å²) in [7, 11) is 0. The molecule has 0 saturated heterocycles. The van der Waals surface area contributed by atoms with Crippen LogP contribution in [0.15, 0.2) is 303 Å². The standard InChI is InChI=1S/C122H122N2/c1-9-13-17-21-37-69-121(70-38-22-18-14-10-2)109-51-35-33-47-97(109)103-65-57-89(77-115(103)121)87-55-63-99-101-67-61-93(79-113(101)119(5,6)111(99)75-87)123(91-59-53-83-41-25-27-43-85(83)73-91)117-81-107-96-46-30-32-50-106(96)118(82-108(107)95-45-29-31-49-105(95)117)124(92-60-54-84-42-26-28-44-86(84)74-92)94-62-68-102-100-64-56-88(76-112(100)120(7,8)114(102)80-94)90-58-66-104-98-48-34-36-52-110(98)122(116(104)78-90,71-39-23-19-15-11-3)72-40-24-20-16-12-4/h25-36,41-68,73-82H,9-24,37-40,69-72H2,1-8H3. The molecule has 0 radical (unpaired) electrons. The molecule has 2 heteroatoms. The van der Waals surface area contributed by atoms with Gasteiger partial charge in [0.25, 0.3) is 0 Å². The van der Waals surface area contributed by atoms with E-state index in [4.69, 9.17) is 0 Å². The minimum Gasteiger partial charge on any atom is -0.310 e. The number of hydrogen-bond acceptors (Lipinski definition) is 2. The van der Waals surface area contributed by atoms with Gasteiger partial charge in [-0.25, -0.2) is 0 Å². The van der Waals surface area contributed by atoms with Gasteiger partial charge in [-0.3, -0.25) is 0 Å². The lowest BCUT2D eigenvalue weighted by atomic mass is 9.70. The van der Waals surface area contributed by atoms with Gasteiger partial charge in [0.2, 0.25) is 0 Å². The highest BCUT2D eigenvalue weighted by Gasteiger charge is 2.46. The molecule has 0 fully saturated rings. The second kappa shape index (κ2) is 33.8. The number of rotatable bonds is 32. The Labute approximate surface area is 738 Å². The van der Waals surface area contributed by atoms with E-state index < -0.39 is 0 Å². The van der Waals surface area contributed by atoms with Crippen molar-refractivity contribution in [1.82, 2.24) is 0 Å². The van der Waals surface area contributed by atoms with Crippen molar-refractivity contribution in [3.63, 3.8) is 0 Å². The molecule has 4 aliphatic carbocycles. The molecule has 620 valence electrons. The minimum atomic E-state index is -0.304. The molecule has 0 atom stereocenters. The molecule has 20 rings (SSSR count). The Morgan fingerprint density at radius 2 is 0.460 bits per heavy atom. The molecule has 0 amide bonds. The molecular weight excluding hydrogens is 1490 g/mol. The maximum Gasteiger partial charge on any atom is 0.0546 e. The number of nitrogens with zero attached hydrogens (tertiary/aromatic N) is 2. The van der Waals surface area contributed by atoms with Crippen LogP contribution in [0.4, 0.5) is 34.1 Å². The lowest BCUT2D eigenvalue weighted by Gasteiger charge is -2.33. The molecule has 124 heavy (non-hydrogen) atoms.